The van der Waals surface area contributed by atoms with Crippen LogP contribution in [-0.2, 0) is 19.1 Å². The van der Waals surface area contributed by atoms with Gasteiger partial charge in [-0.15, -0.1) is 0 Å². The zero-order chi connectivity index (χ0) is 11.0. The number of carbonyl (C=O) groups is 2. The van der Waals surface area contributed by atoms with E-state index in [1.807, 2.05) is 0 Å². The molecule has 7 nitrogen and oxygen atoms in total. The Morgan fingerprint density at radius 2 is 1.64 bits per heavy atom. The van der Waals surface area contributed by atoms with Gasteiger partial charge in [0.15, 0.2) is 13.6 Å². The average molecular weight is 206 g/mol. The van der Waals surface area contributed by atoms with Crippen LogP contribution in [0.1, 0.15) is 0 Å². The smallest absolute Gasteiger partial charge is 0.338 e. The second-order valence-corrected chi connectivity index (χ2v) is 1.98. The topological polar surface area (TPSA) is 113 Å². The second-order valence-electron chi connectivity index (χ2n) is 1.98. The van der Waals surface area contributed by atoms with Crippen LogP contribution in [0, 0.1) is 0 Å². The first-order valence-corrected chi connectivity index (χ1v) is 3.52. The Balaban J connectivity index is 4.38. The van der Waals surface area contributed by atoms with E-state index in [-0.39, 0.29) is 5.57 Å². The van der Waals surface area contributed by atoms with Crippen molar-refractivity contribution in [3.05, 3.63) is 11.6 Å². The molecule has 0 bridgehead atoms. The molecular formula is C7H10O7. The molecule has 0 amide bonds. The molecule has 7 heteroatoms. The highest BCUT2D eigenvalue weighted by Crippen LogP contribution is 1.97. The summed E-state index contributed by atoms with van der Waals surface area (Å²) in [5.74, 6) is -2.03. The normalized spacial score (nSPS) is 10.9. The Hall–Kier alpha value is -1.44. The molecule has 0 unspecified atom stereocenters. The lowest BCUT2D eigenvalue weighted by molar-refractivity contribution is -0.150. The van der Waals surface area contributed by atoms with Gasteiger partial charge < -0.3 is 24.8 Å². The molecule has 0 saturated carbocycles. The molecule has 0 aliphatic heterocycles. The molecule has 0 radical (unpaired) electrons. The summed E-state index contributed by atoms with van der Waals surface area (Å²) < 4.78 is 8.15. The zero-order valence-electron chi connectivity index (χ0n) is 7.17. The Labute approximate surface area is 79.2 Å². The van der Waals surface area contributed by atoms with E-state index in [4.69, 9.17) is 15.3 Å². The van der Waals surface area contributed by atoms with Crippen molar-refractivity contribution in [2.45, 2.75) is 0 Å². The van der Waals surface area contributed by atoms with E-state index in [0.29, 0.717) is 6.08 Å². The fourth-order valence-corrected chi connectivity index (χ4v) is 0.568. The maximum atomic E-state index is 10.8. The summed E-state index contributed by atoms with van der Waals surface area (Å²) in [6, 6.07) is 0. The van der Waals surface area contributed by atoms with Crippen molar-refractivity contribution in [1.82, 2.24) is 0 Å². The largest absolute Gasteiger partial charge is 0.436 e. The highest BCUT2D eigenvalue weighted by molar-refractivity contribution is 5.96. The first kappa shape index (κ1) is 12.6. The number of carbonyl (C=O) groups excluding carboxylic acids is 2. The lowest BCUT2D eigenvalue weighted by atomic mass is 10.2. The number of aliphatic hydroxyl groups excluding tert-OH is 3. The van der Waals surface area contributed by atoms with Crippen LogP contribution < -0.4 is 0 Å². The average Bonchev–Trinajstić information content (AvgIpc) is 2.15. The van der Waals surface area contributed by atoms with Gasteiger partial charge in [-0.25, -0.2) is 9.59 Å². The maximum absolute atomic E-state index is 10.8. The Kier molecular flexibility index (Phi) is 6.29. The van der Waals surface area contributed by atoms with Crippen LogP contribution in [-0.4, -0.2) is 47.5 Å². The van der Waals surface area contributed by atoms with Gasteiger partial charge in [-0.2, -0.15) is 0 Å². The third-order valence-corrected chi connectivity index (χ3v) is 1.13. The Bertz CT molecular complexity index is 232. The lowest BCUT2D eigenvalue weighted by Crippen LogP contribution is -2.14. The van der Waals surface area contributed by atoms with Crippen LogP contribution in [0.4, 0.5) is 0 Å². The van der Waals surface area contributed by atoms with Gasteiger partial charge in [0.05, 0.1) is 12.2 Å². The van der Waals surface area contributed by atoms with Crippen molar-refractivity contribution < 1.29 is 34.4 Å². The summed E-state index contributed by atoms with van der Waals surface area (Å²) in [6.07, 6.45) is 0.661. The van der Waals surface area contributed by atoms with Gasteiger partial charge in [0.1, 0.15) is 0 Å². The van der Waals surface area contributed by atoms with Gasteiger partial charge in [0.2, 0.25) is 0 Å². The van der Waals surface area contributed by atoms with E-state index in [1.165, 1.54) is 0 Å². The number of rotatable bonds is 5. The number of hydrogen-bond acceptors (Lipinski definition) is 7. The third-order valence-electron chi connectivity index (χ3n) is 1.13. The summed E-state index contributed by atoms with van der Waals surface area (Å²) in [5.41, 5.74) is -0.377. The standard InChI is InChI=1S/C7H10O7/c8-2-5(7(12)14-4-10)1-6(11)13-3-9/h1,8-10H,2-4H2/b5-1-. The van der Waals surface area contributed by atoms with Gasteiger partial charge >= 0.3 is 11.9 Å². The molecule has 0 rings (SSSR count). The number of ether oxygens (including phenoxy) is 2. The van der Waals surface area contributed by atoms with Gasteiger partial charge in [-0.3, -0.25) is 0 Å². The summed E-state index contributed by atoms with van der Waals surface area (Å²) in [4.78, 5) is 21.5. The van der Waals surface area contributed by atoms with E-state index >= 15 is 0 Å². The van der Waals surface area contributed by atoms with Crippen molar-refractivity contribution in [3.8, 4) is 0 Å². The molecule has 14 heavy (non-hydrogen) atoms. The SMILES string of the molecule is O=C(/C=C(/CO)C(=O)OCO)OCO. The van der Waals surface area contributed by atoms with Crippen LogP contribution in [0.5, 0.6) is 0 Å². The molecule has 0 fully saturated rings. The van der Waals surface area contributed by atoms with E-state index in [2.05, 4.69) is 9.47 Å². The highest BCUT2D eigenvalue weighted by Gasteiger charge is 2.12. The van der Waals surface area contributed by atoms with E-state index in [0.717, 1.165) is 0 Å². The van der Waals surface area contributed by atoms with Crippen molar-refractivity contribution >= 4 is 11.9 Å². The minimum atomic E-state index is -1.04. The zero-order valence-corrected chi connectivity index (χ0v) is 7.17. The molecule has 80 valence electrons. The molecule has 0 saturated heterocycles. The maximum Gasteiger partial charge on any atom is 0.338 e. The quantitative estimate of drug-likeness (QED) is 0.268. The third kappa shape index (κ3) is 4.55. The van der Waals surface area contributed by atoms with Crippen LogP contribution in [0.25, 0.3) is 0 Å². The number of aliphatic hydroxyl groups is 3. The van der Waals surface area contributed by atoms with Crippen LogP contribution >= 0.6 is 0 Å². The minimum absolute atomic E-state index is 0.377. The highest BCUT2D eigenvalue weighted by atomic mass is 16.6. The molecule has 0 aromatic carbocycles. The molecule has 0 spiro atoms. The summed E-state index contributed by atoms with van der Waals surface area (Å²) in [7, 11) is 0. The summed E-state index contributed by atoms with van der Waals surface area (Å²) >= 11 is 0. The molecule has 0 aromatic heterocycles. The van der Waals surface area contributed by atoms with E-state index in [9.17, 15) is 9.59 Å². The molecule has 3 N–H and O–H groups in total. The molecule has 0 aliphatic carbocycles. The van der Waals surface area contributed by atoms with Gasteiger partial charge in [-0.1, -0.05) is 0 Å². The van der Waals surface area contributed by atoms with Crippen molar-refractivity contribution in [1.29, 1.82) is 0 Å². The Morgan fingerprint density at radius 3 is 2.07 bits per heavy atom. The molecule has 0 aliphatic rings. The predicted octanol–water partition coefficient (Wildman–Crippen LogP) is -2.11. The van der Waals surface area contributed by atoms with Gasteiger partial charge in [-0.05, 0) is 0 Å². The Morgan fingerprint density at radius 1 is 1.07 bits per heavy atom. The monoisotopic (exact) mass is 206 g/mol. The summed E-state index contributed by atoms with van der Waals surface area (Å²) in [5, 5.41) is 25.0. The molecule has 0 atom stereocenters. The second kappa shape index (κ2) is 7.01. The number of hydrogen-bond donors (Lipinski definition) is 3. The van der Waals surface area contributed by atoms with Crippen molar-refractivity contribution in [2.75, 3.05) is 20.2 Å². The molecular weight excluding hydrogens is 196 g/mol. The first-order valence-electron chi connectivity index (χ1n) is 3.52. The van der Waals surface area contributed by atoms with Gasteiger partial charge in [0.25, 0.3) is 0 Å². The fourth-order valence-electron chi connectivity index (χ4n) is 0.568. The van der Waals surface area contributed by atoms with Crippen LogP contribution in [0.2, 0.25) is 0 Å². The molecule has 0 heterocycles. The molecule has 0 aromatic rings. The van der Waals surface area contributed by atoms with E-state index in [1.54, 1.807) is 0 Å². The predicted molar refractivity (Wildman–Crippen MR) is 41.5 cm³/mol. The van der Waals surface area contributed by atoms with E-state index < -0.39 is 32.1 Å². The van der Waals surface area contributed by atoms with Crippen molar-refractivity contribution in [3.63, 3.8) is 0 Å². The minimum Gasteiger partial charge on any atom is -0.436 e. The fraction of sp³-hybridized carbons (Fsp3) is 0.429. The van der Waals surface area contributed by atoms with Crippen molar-refractivity contribution in [2.24, 2.45) is 0 Å². The van der Waals surface area contributed by atoms with Crippen LogP contribution in [0.3, 0.4) is 0 Å². The number of esters is 2. The van der Waals surface area contributed by atoms with Gasteiger partial charge in [0, 0.05) is 6.08 Å². The summed E-state index contributed by atoms with van der Waals surface area (Å²) in [6.45, 7) is -2.42. The first-order chi connectivity index (χ1) is 6.65. The lowest BCUT2D eigenvalue weighted by Gasteiger charge is -2.02. The van der Waals surface area contributed by atoms with Crippen LogP contribution in [0.15, 0.2) is 11.6 Å².